The number of nitro groups is 1. The van der Waals surface area contributed by atoms with Crippen LogP contribution in [0.5, 0.6) is 0 Å². The number of nitrogens with zero attached hydrogens (tertiary/aromatic N) is 5. The molecule has 1 unspecified atom stereocenters. The van der Waals surface area contributed by atoms with Crippen molar-refractivity contribution in [1.29, 1.82) is 0 Å². The fourth-order valence-electron chi connectivity index (χ4n) is 2.45. The van der Waals surface area contributed by atoms with Crippen molar-refractivity contribution < 1.29 is 14.0 Å². The van der Waals surface area contributed by atoms with E-state index < -0.39 is 18.7 Å². The predicted molar refractivity (Wildman–Crippen MR) is 79.3 cm³/mol. The molecule has 122 valence electrons. The topological polar surface area (TPSA) is 93.3 Å². The Kier molecular flexibility index (Phi) is 4.07. The summed E-state index contributed by atoms with van der Waals surface area (Å²) in [5.41, 5.74) is 0. The molecule has 2 aliphatic rings. The van der Waals surface area contributed by atoms with Gasteiger partial charge in [-0.1, -0.05) is 13.3 Å². The van der Waals surface area contributed by atoms with Gasteiger partial charge in [0.05, 0.1) is 7.05 Å². The highest BCUT2D eigenvalue weighted by Gasteiger charge is 2.51. The summed E-state index contributed by atoms with van der Waals surface area (Å²) in [5.74, 6) is 0.366. The van der Waals surface area contributed by atoms with Crippen LogP contribution in [0.1, 0.15) is 31.7 Å². The van der Waals surface area contributed by atoms with Crippen LogP contribution in [0.4, 0.5) is 5.82 Å². The van der Waals surface area contributed by atoms with Crippen LogP contribution in [-0.2, 0) is 16.1 Å². The van der Waals surface area contributed by atoms with E-state index in [2.05, 4.69) is 4.98 Å². The van der Waals surface area contributed by atoms with Gasteiger partial charge in [0.15, 0.2) is 0 Å². The minimum absolute atomic E-state index is 0.0898. The lowest BCUT2D eigenvalue weighted by atomic mass is 10.2. The number of rotatable bonds is 8. The summed E-state index contributed by atoms with van der Waals surface area (Å²) in [6, 6.07) is 0. The van der Waals surface area contributed by atoms with Gasteiger partial charge in [0.25, 0.3) is 0 Å². The summed E-state index contributed by atoms with van der Waals surface area (Å²) in [5, 5.41) is 11.0. The van der Waals surface area contributed by atoms with Crippen molar-refractivity contribution in [2.45, 2.75) is 25.9 Å². The first-order chi connectivity index (χ1) is 10.5. The van der Waals surface area contributed by atoms with Gasteiger partial charge in [-0.3, -0.25) is 9.09 Å². The number of hydrogen-bond donors (Lipinski definition) is 0. The van der Waals surface area contributed by atoms with E-state index in [0.717, 1.165) is 32.6 Å². The van der Waals surface area contributed by atoms with E-state index in [0.29, 0.717) is 12.2 Å². The smallest absolute Gasteiger partial charge is 0.347 e. The summed E-state index contributed by atoms with van der Waals surface area (Å²) < 4.78 is 24.2. The Morgan fingerprint density at radius 2 is 2.00 bits per heavy atom. The zero-order chi connectivity index (χ0) is 15.9. The van der Waals surface area contributed by atoms with Gasteiger partial charge in [-0.25, -0.2) is 18.9 Å². The second-order valence-corrected chi connectivity index (χ2v) is 7.89. The molecule has 3 rings (SSSR count). The first kappa shape index (κ1) is 15.6. The van der Waals surface area contributed by atoms with Gasteiger partial charge in [-0.15, -0.1) is 0 Å². The molecule has 9 nitrogen and oxygen atoms in total. The fourth-order valence-corrected chi connectivity index (χ4v) is 4.79. The average molecular weight is 329 g/mol. The van der Waals surface area contributed by atoms with Crippen LogP contribution >= 0.6 is 7.67 Å². The van der Waals surface area contributed by atoms with Crippen LogP contribution in [0, 0.1) is 10.1 Å². The molecule has 10 heteroatoms. The lowest BCUT2D eigenvalue weighted by Crippen LogP contribution is -2.15. The SMILES string of the molecule is CCCC(OP(=O)(N1CC1)N1CC1)c1ncc([N+](=O)[O-])n1C. The Labute approximate surface area is 128 Å². The van der Waals surface area contributed by atoms with E-state index in [1.807, 2.05) is 16.3 Å². The highest BCUT2D eigenvalue weighted by Crippen LogP contribution is 2.63. The maximum atomic E-state index is 13.1. The molecule has 22 heavy (non-hydrogen) atoms. The zero-order valence-electron chi connectivity index (χ0n) is 12.7. The van der Waals surface area contributed by atoms with E-state index in [-0.39, 0.29) is 5.82 Å². The molecular formula is C12H20N5O4P. The molecule has 0 saturated carbocycles. The van der Waals surface area contributed by atoms with Gasteiger partial charge in [-0.2, -0.15) is 0 Å². The molecule has 0 aliphatic carbocycles. The van der Waals surface area contributed by atoms with E-state index in [1.54, 1.807) is 7.05 Å². The van der Waals surface area contributed by atoms with Crippen LogP contribution in [0.25, 0.3) is 0 Å². The van der Waals surface area contributed by atoms with Crippen molar-refractivity contribution in [3.63, 3.8) is 0 Å². The van der Waals surface area contributed by atoms with Crippen LogP contribution in [0.2, 0.25) is 0 Å². The van der Waals surface area contributed by atoms with Crippen LogP contribution < -0.4 is 0 Å². The first-order valence-electron chi connectivity index (χ1n) is 7.42. The van der Waals surface area contributed by atoms with Crippen molar-refractivity contribution in [1.82, 2.24) is 18.9 Å². The fraction of sp³-hybridized carbons (Fsp3) is 0.750. The molecule has 0 aromatic carbocycles. The normalized spacial score (nSPS) is 20.1. The molecule has 2 saturated heterocycles. The van der Waals surface area contributed by atoms with Crippen LogP contribution in [-0.4, -0.2) is 50.0 Å². The second-order valence-electron chi connectivity index (χ2n) is 5.57. The van der Waals surface area contributed by atoms with Gasteiger partial charge in [-0.05, 0) is 11.3 Å². The predicted octanol–water partition coefficient (Wildman–Crippen LogP) is 1.93. The summed E-state index contributed by atoms with van der Waals surface area (Å²) in [7, 11) is -1.39. The monoisotopic (exact) mass is 329 g/mol. The van der Waals surface area contributed by atoms with Crippen molar-refractivity contribution in [3.8, 4) is 0 Å². The number of imidazole rings is 1. The minimum Gasteiger partial charge on any atom is -0.358 e. The maximum absolute atomic E-state index is 13.1. The standard InChI is InChI=1S/C12H20N5O4P/c1-3-4-10(12-13-9-11(14(12)2)17(18)19)21-22(20,15-5-6-15)16-7-8-16/h9-10H,3-8H2,1-2H3. The minimum atomic E-state index is -2.98. The van der Waals surface area contributed by atoms with Gasteiger partial charge in [0, 0.05) is 26.2 Å². The van der Waals surface area contributed by atoms with Gasteiger partial charge in [0.2, 0.25) is 5.82 Å². The van der Waals surface area contributed by atoms with Gasteiger partial charge in [0.1, 0.15) is 12.3 Å². The third kappa shape index (κ3) is 2.81. The lowest BCUT2D eigenvalue weighted by Gasteiger charge is -2.24. The highest BCUT2D eigenvalue weighted by molar-refractivity contribution is 7.54. The van der Waals surface area contributed by atoms with Crippen molar-refractivity contribution in [2.24, 2.45) is 7.05 Å². The third-order valence-electron chi connectivity index (χ3n) is 3.85. The Morgan fingerprint density at radius 3 is 2.41 bits per heavy atom. The average Bonchev–Trinajstić information content (AvgIpc) is 3.35. The van der Waals surface area contributed by atoms with E-state index in [9.17, 15) is 14.7 Å². The molecule has 2 aliphatic heterocycles. The van der Waals surface area contributed by atoms with Gasteiger partial charge < -0.3 is 10.1 Å². The Hall–Kier alpha value is -1.28. The molecule has 0 radical (unpaired) electrons. The quantitative estimate of drug-likeness (QED) is 0.311. The summed E-state index contributed by atoms with van der Waals surface area (Å²) in [4.78, 5) is 14.6. The van der Waals surface area contributed by atoms with E-state index in [1.165, 1.54) is 10.8 Å². The van der Waals surface area contributed by atoms with Crippen LogP contribution in [0.15, 0.2) is 6.20 Å². The van der Waals surface area contributed by atoms with Crippen molar-refractivity contribution in [2.75, 3.05) is 26.2 Å². The largest absolute Gasteiger partial charge is 0.358 e. The summed E-state index contributed by atoms with van der Waals surface area (Å²) in [6.07, 6.45) is 2.15. The Bertz CT molecular complexity index is 609. The molecular weight excluding hydrogens is 309 g/mol. The maximum Gasteiger partial charge on any atom is 0.347 e. The second kappa shape index (κ2) is 5.73. The molecule has 0 bridgehead atoms. The van der Waals surface area contributed by atoms with Crippen LogP contribution in [0.3, 0.4) is 0 Å². The first-order valence-corrected chi connectivity index (χ1v) is 8.95. The molecule has 0 N–H and O–H groups in total. The lowest BCUT2D eigenvalue weighted by molar-refractivity contribution is -0.391. The number of aromatic nitrogens is 2. The highest BCUT2D eigenvalue weighted by atomic mass is 31.2. The van der Waals surface area contributed by atoms with Crippen molar-refractivity contribution >= 4 is 13.5 Å². The van der Waals surface area contributed by atoms with Crippen molar-refractivity contribution in [3.05, 3.63) is 22.1 Å². The molecule has 3 heterocycles. The molecule has 0 spiro atoms. The van der Waals surface area contributed by atoms with Gasteiger partial charge >= 0.3 is 13.5 Å². The molecule has 1 atom stereocenters. The van der Waals surface area contributed by atoms with E-state index in [4.69, 9.17) is 4.52 Å². The van der Waals surface area contributed by atoms with E-state index >= 15 is 0 Å². The number of hydrogen-bond acceptors (Lipinski definition) is 5. The Balaban J connectivity index is 1.86. The summed E-state index contributed by atoms with van der Waals surface area (Å²) in [6.45, 7) is 5.08. The third-order valence-corrected chi connectivity index (χ3v) is 6.61. The molecule has 1 aromatic rings. The zero-order valence-corrected chi connectivity index (χ0v) is 13.6. The summed E-state index contributed by atoms with van der Waals surface area (Å²) >= 11 is 0. The Morgan fingerprint density at radius 1 is 1.41 bits per heavy atom. The molecule has 1 aromatic heterocycles. The molecule has 0 amide bonds. The molecule has 2 fully saturated rings.